The number of urea groups is 1. The van der Waals surface area contributed by atoms with Gasteiger partial charge >= 0.3 is 6.03 Å². The van der Waals surface area contributed by atoms with Gasteiger partial charge in [-0.2, -0.15) is 5.10 Å². The Hall–Kier alpha value is -2.11. The maximum atomic E-state index is 10.5. The molecule has 0 spiro atoms. The van der Waals surface area contributed by atoms with Crippen LogP contribution in [0.25, 0.3) is 11.0 Å². The van der Waals surface area contributed by atoms with Crippen LogP contribution in [0, 0.1) is 0 Å². The summed E-state index contributed by atoms with van der Waals surface area (Å²) in [5, 5.41) is 8.91. The fourth-order valence-corrected chi connectivity index (χ4v) is 1.06. The minimum atomic E-state index is -0.654. The van der Waals surface area contributed by atoms with E-state index in [4.69, 9.17) is 5.73 Å². The van der Waals surface area contributed by atoms with Crippen LogP contribution < -0.4 is 11.1 Å². The third kappa shape index (κ3) is 1.28. The Bertz CT molecular complexity index is 449. The van der Waals surface area contributed by atoms with E-state index in [0.717, 1.165) is 5.52 Å². The fourth-order valence-electron chi connectivity index (χ4n) is 1.06. The summed E-state index contributed by atoms with van der Waals surface area (Å²) in [7, 11) is 0. The van der Waals surface area contributed by atoms with Crippen molar-refractivity contribution < 1.29 is 4.79 Å². The van der Waals surface area contributed by atoms with Crippen LogP contribution >= 0.6 is 0 Å². The molecule has 0 saturated carbocycles. The third-order valence-electron chi connectivity index (χ3n) is 1.56. The zero-order chi connectivity index (χ0) is 9.26. The predicted molar refractivity (Wildman–Crippen MR) is 47.1 cm³/mol. The first kappa shape index (κ1) is 7.53. The van der Waals surface area contributed by atoms with Gasteiger partial charge in [-0.3, -0.25) is 15.4 Å². The molecule has 0 unspecified atom stereocenters. The van der Waals surface area contributed by atoms with Crippen molar-refractivity contribution in [1.29, 1.82) is 0 Å². The lowest BCUT2D eigenvalue weighted by molar-refractivity contribution is 0.259. The average Bonchev–Trinajstić information content (AvgIpc) is 2.48. The predicted octanol–water partition coefficient (Wildman–Crippen LogP) is 0.449. The Morgan fingerprint density at radius 3 is 3.23 bits per heavy atom. The van der Waals surface area contributed by atoms with Gasteiger partial charge in [0.1, 0.15) is 5.52 Å². The normalized spacial score (nSPS) is 10.2. The smallest absolute Gasteiger partial charge is 0.317 e. The molecule has 6 heteroatoms. The lowest BCUT2D eigenvalue weighted by Crippen LogP contribution is -2.19. The summed E-state index contributed by atoms with van der Waals surface area (Å²) >= 11 is 0. The second kappa shape index (κ2) is 2.74. The molecular weight excluding hydrogens is 170 g/mol. The van der Waals surface area contributed by atoms with Crippen molar-refractivity contribution in [2.24, 2.45) is 5.73 Å². The quantitative estimate of drug-likeness (QED) is 0.589. The highest BCUT2D eigenvalue weighted by molar-refractivity contribution is 5.96. The number of aromatic amines is 1. The lowest BCUT2D eigenvalue weighted by Gasteiger charge is -1.94. The molecular formula is C7H7N5O. The number of anilines is 1. The number of pyridine rings is 1. The second-order valence-electron chi connectivity index (χ2n) is 2.46. The molecule has 0 bridgehead atoms. The molecule has 0 aliphatic rings. The van der Waals surface area contributed by atoms with Crippen LogP contribution in [-0.4, -0.2) is 21.2 Å². The molecule has 0 atom stereocenters. The Morgan fingerprint density at radius 2 is 2.46 bits per heavy atom. The number of hydrogen-bond donors (Lipinski definition) is 3. The van der Waals surface area contributed by atoms with Crippen LogP contribution in [0.15, 0.2) is 18.3 Å². The zero-order valence-corrected chi connectivity index (χ0v) is 6.61. The van der Waals surface area contributed by atoms with Crippen molar-refractivity contribution in [2.75, 3.05) is 5.32 Å². The SMILES string of the molecule is NC(=O)Nc1n[nH]c2cccnc12. The van der Waals surface area contributed by atoms with Gasteiger partial charge in [0.15, 0.2) is 5.82 Å². The number of carbonyl (C=O) groups excluding carboxylic acids is 1. The molecule has 2 amide bonds. The van der Waals surface area contributed by atoms with Gasteiger partial charge in [0.2, 0.25) is 0 Å². The van der Waals surface area contributed by atoms with E-state index in [1.165, 1.54) is 0 Å². The monoisotopic (exact) mass is 177 g/mol. The number of nitrogens with two attached hydrogens (primary N) is 1. The number of nitrogens with one attached hydrogen (secondary N) is 2. The second-order valence-corrected chi connectivity index (χ2v) is 2.46. The molecule has 0 saturated heterocycles. The number of amides is 2. The van der Waals surface area contributed by atoms with Gasteiger partial charge in [0.25, 0.3) is 0 Å². The van der Waals surface area contributed by atoms with Gasteiger partial charge in [-0.15, -0.1) is 0 Å². The molecule has 0 fully saturated rings. The Kier molecular flexibility index (Phi) is 1.59. The summed E-state index contributed by atoms with van der Waals surface area (Å²) in [5.41, 5.74) is 6.30. The largest absolute Gasteiger partial charge is 0.351 e. The van der Waals surface area contributed by atoms with E-state index in [1.54, 1.807) is 12.3 Å². The summed E-state index contributed by atoms with van der Waals surface area (Å²) in [6.07, 6.45) is 1.62. The van der Waals surface area contributed by atoms with Crippen molar-refractivity contribution in [1.82, 2.24) is 15.2 Å². The first-order chi connectivity index (χ1) is 6.27. The van der Waals surface area contributed by atoms with E-state index in [0.29, 0.717) is 11.3 Å². The van der Waals surface area contributed by atoms with Crippen molar-refractivity contribution in [3.8, 4) is 0 Å². The summed E-state index contributed by atoms with van der Waals surface area (Å²) < 4.78 is 0. The third-order valence-corrected chi connectivity index (χ3v) is 1.56. The molecule has 2 aromatic rings. The molecule has 2 heterocycles. The fraction of sp³-hybridized carbons (Fsp3) is 0. The zero-order valence-electron chi connectivity index (χ0n) is 6.61. The molecule has 2 rings (SSSR count). The van der Waals surface area contributed by atoms with Crippen LogP contribution in [0.3, 0.4) is 0 Å². The van der Waals surface area contributed by atoms with E-state index >= 15 is 0 Å². The molecule has 13 heavy (non-hydrogen) atoms. The van der Waals surface area contributed by atoms with Crippen molar-refractivity contribution >= 4 is 22.9 Å². The van der Waals surface area contributed by atoms with Crippen molar-refractivity contribution in [2.45, 2.75) is 0 Å². The number of hydrogen-bond acceptors (Lipinski definition) is 3. The number of primary amides is 1. The molecule has 0 radical (unpaired) electrons. The molecule has 6 nitrogen and oxygen atoms in total. The van der Waals surface area contributed by atoms with Crippen LogP contribution in [0.4, 0.5) is 10.6 Å². The molecule has 0 aromatic carbocycles. The highest BCUT2D eigenvalue weighted by Gasteiger charge is 2.06. The first-order valence-corrected chi connectivity index (χ1v) is 3.63. The number of rotatable bonds is 1. The average molecular weight is 177 g/mol. The van der Waals surface area contributed by atoms with Gasteiger partial charge < -0.3 is 5.73 Å². The van der Waals surface area contributed by atoms with Crippen molar-refractivity contribution in [3.05, 3.63) is 18.3 Å². The first-order valence-electron chi connectivity index (χ1n) is 3.63. The van der Waals surface area contributed by atoms with Crippen LogP contribution in [0.5, 0.6) is 0 Å². The minimum Gasteiger partial charge on any atom is -0.351 e. The maximum Gasteiger partial charge on any atom is 0.317 e. The number of H-pyrrole nitrogens is 1. The van der Waals surface area contributed by atoms with Gasteiger partial charge in [-0.05, 0) is 12.1 Å². The van der Waals surface area contributed by atoms with Gasteiger partial charge in [-0.25, -0.2) is 4.79 Å². The lowest BCUT2D eigenvalue weighted by atomic mass is 10.4. The van der Waals surface area contributed by atoms with Crippen LogP contribution in [0.2, 0.25) is 0 Å². The molecule has 2 aromatic heterocycles. The number of carbonyl (C=O) groups is 1. The van der Waals surface area contributed by atoms with E-state index in [9.17, 15) is 4.79 Å². The highest BCUT2D eigenvalue weighted by Crippen LogP contribution is 2.15. The maximum absolute atomic E-state index is 10.5. The summed E-state index contributed by atoms with van der Waals surface area (Å²) in [6.45, 7) is 0. The Balaban J connectivity index is 2.51. The number of aromatic nitrogens is 3. The van der Waals surface area contributed by atoms with E-state index in [2.05, 4.69) is 20.5 Å². The summed E-state index contributed by atoms with van der Waals surface area (Å²) in [4.78, 5) is 14.6. The van der Waals surface area contributed by atoms with E-state index < -0.39 is 6.03 Å². The standard InChI is InChI=1S/C7H7N5O/c8-7(13)10-6-5-4(11-12-6)2-1-3-9-5/h1-3H,(H4,8,10,11,12,13). The van der Waals surface area contributed by atoms with Gasteiger partial charge in [0.05, 0.1) is 5.52 Å². The highest BCUT2D eigenvalue weighted by atomic mass is 16.2. The van der Waals surface area contributed by atoms with E-state index in [1.807, 2.05) is 6.07 Å². The van der Waals surface area contributed by atoms with Gasteiger partial charge in [0, 0.05) is 6.20 Å². The summed E-state index contributed by atoms with van der Waals surface area (Å²) in [5.74, 6) is 0.350. The van der Waals surface area contributed by atoms with Crippen LogP contribution in [0.1, 0.15) is 0 Å². The van der Waals surface area contributed by atoms with Crippen molar-refractivity contribution in [3.63, 3.8) is 0 Å². The number of fused-ring (bicyclic) bond motifs is 1. The molecule has 66 valence electrons. The molecule has 0 aliphatic heterocycles. The molecule has 0 aliphatic carbocycles. The van der Waals surface area contributed by atoms with Crippen LogP contribution in [-0.2, 0) is 0 Å². The Morgan fingerprint density at radius 1 is 1.62 bits per heavy atom. The summed E-state index contributed by atoms with van der Waals surface area (Å²) in [6, 6.07) is 2.93. The minimum absolute atomic E-state index is 0.350. The number of nitrogens with zero attached hydrogens (tertiary/aromatic N) is 2. The molecule has 4 N–H and O–H groups in total. The topological polar surface area (TPSA) is 96.7 Å². The van der Waals surface area contributed by atoms with E-state index in [-0.39, 0.29) is 0 Å². The van der Waals surface area contributed by atoms with Gasteiger partial charge in [-0.1, -0.05) is 0 Å². The Labute approximate surface area is 73.1 Å².